The van der Waals surface area contributed by atoms with Crippen LogP contribution in [0.5, 0.6) is 0 Å². The Balaban J connectivity index is 2.67. The van der Waals surface area contributed by atoms with Crippen LogP contribution in [0.15, 0.2) is 12.4 Å². The van der Waals surface area contributed by atoms with Gasteiger partial charge in [0.25, 0.3) is 0 Å². The molecular weight excluding hydrogens is 214 g/mol. The van der Waals surface area contributed by atoms with E-state index >= 15 is 0 Å². The number of rotatable bonds is 6. The van der Waals surface area contributed by atoms with Crippen LogP contribution in [-0.4, -0.2) is 30.1 Å². The van der Waals surface area contributed by atoms with Crippen molar-refractivity contribution in [2.75, 3.05) is 30.4 Å². The Morgan fingerprint density at radius 2 is 2.29 bits per heavy atom. The Labute approximate surface area is 102 Å². The van der Waals surface area contributed by atoms with E-state index in [2.05, 4.69) is 28.3 Å². The lowest BCUT2D eigenvalue weighted by Gasteiger charge is -2.19. The molecule has 0 saturated heterocycles. The van der Waals surface area contributed by atoms with Gasteiger partial charge in [-0.1, -0.05) is 6.92 Å². The highest BCUT2D eigenvalue weighted by atomic mass is 15.2. The lowest BCUT2D eigenvalue weighted by atomic mass is 10.2. The lowest BCUT2D eigenvalue weighted by molar-refractivity contribution is 0.709. The fourth-order valence-electron chi connectivity index (χ4n) is 1.42. The van der Waals surface area contributed by atoms with E-state index in [4.69, 9.17) is 5.26 Å². The molecule has 1 aromatic rings. The number of anilines is 2. The summed E-state index contributed by atoms with van der Waals surface area (Å²) in [4.78, 5) is 10.5. The summed E-state index contributed by atoms with van der Waals surface area (Å²) in [5, 5.41) is 12.0. The molecule has 1 unspecified atom stereocenters. The molecule has 0 bridgehead atoms. The summed E-state index contributed by atoms with van der Waals surface area (Å²) in [6.45, 7) is 5.53. The highest BCUT2D eigenvalue weighted by Crippen LogP contribution is 2.12. The van der Waals surface area contributed by atoms with Crippen LogP contribution in [0.2, 0.25) is 0 Å². The molecule has 1 heterocycles. The third kappa shape index (κ3) is 4.27. The Morgan fingerprint density at radius 1 is 1.53 bits per heavy atom. The molecule has 1 atom stereocenters. The Bertz CT molecular complexity index is 385. The fourth-order valence-corrected chi connectivity index (χ4v) is 1.42. The number of nitriles is 1. The highest BCUT2D eigenvalue weighted by Gasteiger charge is 2.08. The summed E-state index contributed by atoms with van der Waals surface area (Å²) in [5.41, 5.74) is 0. The molecule has 1 N–H and O–H groups in total. The van der Waals surface area contributed by atoms with E-state index in [1.54, 1.807) is 12.4 Å². The average Bonchev–Trinajstić information content (AvgIpc) is 2.36. The van der Waals surface area contributed by atoms with E-state index in [9.17, 15) is 0 Å². The van der Waals surface area contributed by atoms with Crippen molar-refractivity contribution in [3.05, 3.63) is 12.4 Å². The maximum absolute atomic E-state index is 8.78. The molecule has 0 aliphatic rings. The van der Waals surface area contributed by atoms with Crippen LogP contribution < -0.4 is 10.2 Å². The smallest absolute Gasteiger partial charge is 0.149 e. The molecule has 0 spiro atoms. The molecule has 1 aromatic heterocycles. The molecule has 0 amide bonds. The van der Waals surface area contributed by atoms with Crippen LogP contribution in [0.25, 0.3) is 0 Å². The first-order valence-corrected chi connectivity index (χ1v) is 5.84. The number of nitrogens with one attached hydrogen (secondary N) is 1. The molecule has 92 valence electrons. The molecule has 5 nitrogen and oxygen atoms in total. The zero-order valence-electron chi connectivity index (χ0n) is 10.6. The van der Waals surface area contributed by atoms with Gasteiger partial charge in [-0.3, -0.25) is 4.98 Å². The third-order valence-electron chi connectivity index (χ3n) is 2.34. The van der Waals surface area contributed by atoms with Gasteiger partial charge in [-0.05, 0) is 13.3 Å². The van der Waals surface area contributed by atoms with Gasteiger partial charge < -0.3 is 10.2 Å². The van der Waals surface area contributed by atoms with Crippen LogP contribution in [0, 0.1) is 17.2 Å². The van der Waals surface area contributed by atoms with E-state index in [1.165, 1.54) is 0 Å². The summed E-state index contributed by atoms with van der Waals surface area (Å²) in [6.07, 6.45) is 4.47. The SMILES string of the molecule is CCCNc1cncc(N(C)CC(C)C#N)n1. The molecule has 0 saturated carbocycles. The van der Waals surface area contributed by atoms with Gasteiger partial charge in [0.2, 0.25) is 0 Å². The third-order valence-corrected chi connectivity index (χ3v) is 2.34. The molecule has 0 radical (unpaired) electrons. The molecule has 1 rings (SSSR count). The highest BCUT2D eigenvalue weighted by molar-refractivity contribution is 5.43. The molecular formula is C12H19N5. The summed E-state index contributed by atoms with van der Waals surface area (Å²) < 4.78 is 0. The van der Waals surface area contributed by atoms with Crippen LogP contribution in [-0.2, 0) is 0 Å². The van der Waals surface area contributed by atoms with Gasteiger partial charge in [0.15, 0.2) is 0 Å². The first kappa shape index (κ1) is 13.2. The summed E-state index contributed by atoms with van der Waals surface area (Å²) >= 11 is 0. The summed E-state index contributed by atoms with van der Waals surface area (Å²) in [5.74, 6) is 1.54. The van der Waals surface area contributed by atoms with Crippen molar-refractivity contribution in [2.24, 2.45) is 5.92 Å². The first-order valence-electron chi connectivity index (χ1n) is 5.84. The predicted molar refractivity (Wildman–Crippen MR) is 68.9 cm³/mol. The normalized spacial score (nSPS) is 11.6. The number of hydrogen-bond donors (Lipinski definition) is 1. The first-order chi connectivity index (χ1) is 8.17. The zero-order valence-corrected chi connectivity index (χ0v) is 10.6. The minimum atomic E-state index is -0.0194. The molecule has 0 aromatic carbocycles. The van der Waals surface area contributed by atoms with E-state index in [1.807, 2.05) is 18.9 Å². The van der Waals surface area contributed by atoms with Crippen molar-refractivity contribution in [1.29, 1.82) is 5.26 Å². The fraction of sp³-hybridized carbons (Fsp3) is 0.583. The molecule has 0 aliphatic carbocycles. The number of hydrogen-bond acceptors (Lipinski definition) is 5. The van der Waals surface area contributed by atoms with Gasteiger partial charge in [-0.25, -0.2) is 4.98 Å². The van der Waals surface area contributed by atoms with E-state index in [0.29, 0.717) is 6.54 Å². The zero-order chi connectivity index (χ0) is 12.7. The molecule has 0 aliphatic heterocycles. The second-order valence-electron chi connectivity index (χ2n) is 4.10. The second kappa shape index (κ2) is 6.69. The van der Waals surface area contributed by atoms with Gasteiger partial charge in [-0.15, -0.1) is 0 Å². The minimum absolute atomic E-state index is 0.0194. The Morgan fingerprint density at radius 3 is 2.94 bits per heavy atom. The largest absolute Gasteiger partial charge is 0.369 e. The van der Waals surface area contributed by atoms with Crippen molar-refractivity contribution in [2.45, 2.75) is 20.3 Å². The van der Waals surface area contributed by atoms with Crippen molar-refractivity contribution in [3.63, 3.8) is 0 Å². The van der Waals surface area contributed by atoms with Crippen LogP contribution in [0.4, 0.5) is 11.6 Å². The maximum atomic E-state index is 8.78. The van der Waals surface area contributed by atoms with Crippen LogP contribution in [0.1, 0.15) is 20.3 Å². The number of nitrogens with zero attached hydrogens (tertiary/aromatic N) is 4. The van der Waals surface area contributed by atoms with Gasteiger partial charge in [0.05, 0.1) is 24.4 Å². The van der Waals surface area contributed by atoms with Crippen LogP contribution >= 0.6 is 0 Å². The van der Waals surface area contributed by atoms with Gasteiger partial charge in [0.1, 0.15) is 11.6 Å². The molecule has 0 fully saturated rings. The van der Waals surface area contributed by atoms with Crippen molar-refractivity contribution >= 4 is 11.6 Å². The monoisotopic (exact) mass is 233 g/mol. The van der Waals surface area contributed by atoms with E-state index < -0.39 is 0 Å². The predicted octanol–water partition coefficient (Wildman–Crippen LogP) is 1.89. The summed E-state index contributed by atoms with van der Waals surface area (Å²) in [7, 11) is 1.92. The standard InChI is InChI=1S/C12H19N5/c1-4-5-15-11-7-14-8-12(16-11)17(3)9-10(2)6-13/h7-8,10H,4-5,9H2,1-3H3,(H,15,16). The number of aromatic nitrogens is 2. The van der Waals surface area contributed by atoms with E-state index in [-0.39, 0.29) is 5.92 Å². The van der Waals surface area contributed by atoms with Gasteiger partial charge in [0, 0.05) is 20.1 Å². The van der Waals surface area contributed by atoms with Crippen molar-refractivity contribution in [1.82, 2.24) is 9.97 Å². The van der Waals surface area contributed by atoms with Gasteiger partial charge in [-0.2, -0.15) is 5.26 Å². The minimum Gasteiger partial charge on any atom is -0.369 e. The molecule has 5 heteroatoms. The topological polar surface area (TPSA) is 64.8 Å². The maximum Gasteiger partial charge on any atom is 0.149 e. The van der Waals surface area contributed by atoms with Crippen molar-refractivity contribution in [3.8, 4) is 6.07 Å². The second-order valence-corrected chi connectivity index (χ2v) is 4.10. The summed E-state index contributed by atoms with van der Waals surface area (Å²) in [6, 6.07) is 2.21. The molecule has 17 heavy (non-hydrogen) atoms. The average molecular weight is 233 g/mol. The quantitative estimate of drug-likeness (QED) is 0.813. The van der Waals surface area contributed by atoms with Crippen LogP contribution in [0.3, 0.4) is 0 Å². The van der Waals surface area contributed by atoms with E-state index in [0.717, 1.165) is 24.6 Å². The Hall–Kier alpha value is -1.83. The lowest BCUT2D eigenvalue weighted by Crippen LogP contribution is -2.24. The van der Waals surface area contributed by atoms with Gasteiger partial charge >= 0.3 is 0 Å². The Kier molecular flexibility index (Phi) is 5.21. The van der Waals surface area contributed by atoms with Crippen molar-refractivity contribution < 1.29 is 0 Å².